The van der Waals surface area contributed by atoms with Gasteiger partial charge in [-0.25, -0.2) is 0 Å². The first-order chi connectivity index (χ1) is 14.0. The van der Waals surface area contributed by atoms with Crippen molar-refractivity contribution in [3.05, 3.63) is 35.4 Å². The van der Waals surface area contributed by atoms with Crippen LogP contribution < -0.4 is 10.6 Å². The Labute approximate surface area is 175 Å². The van der Waals surface area contributed by atoms with E-state index in [4.69, 9.17) is 4.74 Å². The molecule has 0 atom stereocenters. The number of nitrogens with one attached hydrogen (secondary N) is 2. The van der Waals surface area contributed by atoms with Crippen LogP contribution in [0.1, 0.15) is 87.1 Å². The standard InChI is InChI=1S/C24H36N2O3/c1-17(2)29-23(27)12-5-18-3-10-22(11-4-18)26-24(28)21-8-6-19(7-9-21)20-13-15-25-16-14-20/h6-9,17-18,20,22,25H,3-5,10-16H2,1-2H3,(H,26,28). The summed E-state index contributed by atoms with van der Waals surface area (Å²) < 4.78 is 5.21. The van der Waals surface area contributed by atoms with Crippen LogP contribution >= 0.6 is 0 Å². The fourth-order valence-electron chi connectivity index (χ4n) is 4.57. The van der Waals surface area contributed by atoms with E-state index in [1.807, 2.05) is 26.0 Å². The van der Waals surface area contributed by atoms with Crippen LogP contribution in [0.4, 0.5) is 0 Å². The number of ether oxygens (including phenoxy) is 1. The minimum atomic E-state index is -0.0941. The molecule has 5 heteroatoms. The summed E-state index contributed by atoms with van der Waals surface area (Å²) in [6, 6.07) is 8.43. The van der Waals surface area contributed by atoms with Crippen LogP contribution in [0.15, 0.2) is 24.3 Å². The zero-order valence-electron chi connectivity index (χ0n) is 17.9. The Morgan fingerprint density at radius 2 is 1.69 bits per heavy atom. The molecule has 1 aromatic rings. The molecule has 3 rings (SSSR count). The second kappa shape index (κ2) is 10.8. The highest BCUT2D eigenvalue weighted by Crippen LogP contribution is 2.29. The zero-order valence-corrected chi connectivity index (χ0v) is 17.9. The molecule has 2 N–H and O–H groups in total. The Bertz CT molecular complexity index is 657. The SMILES string of the molecule is CC(C)OC(=O)CCC1CCC(NC(=O)c2ccc(C3CCNCC3)cc2)CC1. The molecule has 0 aromatic heterocycles. The minimum absolute atomic E-state index is 0.0332. The molecule has 1 heterocycles. The van der Waals surface area contributed by atoms with Gasteiger partial charge in [-0.1, -0.05) is 12.1 Å². The molecule has 0 spiro atoms. The van der Waals surface area contributed by atoms with Gasteiger partial charge < -0.3 is 15.4 Å². The van der Waals surface area contributed by atoms with E-state index in [-0.39, 0.29) is 24.0 Å². The highest BCUT2D eigenvalue weighted by Gasteiger charge is 2.24. The Kier molecular flexibility index (Phi) is 8.10. The third-order valence-corrected chi connectivity index (χ3v) is 6.29. The maximum Gasteiger partial charge on any atom is 0.306 e. The molecule has 1 saturated carbocycles. The number of carbonyl (C=O) groups excluding carboxylic acids is 2. The zero-order chi connectivity index (χ0) is 20.6. The van der Waals surface area contributed by atoms with E-state index in [2.05, 4.69) is 22.8 Å². The molecule has 1 amide bonds. The lowest BCUT2D eigenvalue weighted by molar-refractivity contribution is -0.147. The van der Waals surface area contributed by atoms with Gasteiger partial charge in [-0.2, -0.15) is 0 Å². The predicted molar refractivity (Wildman–Crippen MR) is 115 cm³/mol. The van der Waals surface area contributed by atoms with Crippen molar-refractivity contribution in [3.63, 3.8) is 0 Å². The minimum Gasteiger partial charge on any atom is -0.463 e. The van der Waals surface area contributed by atoms with Crippen LogP contribution in [0, 0.1) is 5.92 Å². The summed E-state index contributed by atoms with van der Waals surface area (Å²) in [5.41, 5.74) is 2.10. The summed E-state index contributed by atoms with van der Waals surface area (Å²) >= 11 is 0. The molecule has 1 aliphatic heterocycles. The van der Waals surface area contributed by atoms with Crippen molar-refractivity contribution in [2.24, 2.45) is 5.92 Å². The third-order valence-electron chi connectivity index (χ3n) is 6.29. The molecule has 1 aliphatic carbocycles. The molecule has 160 valence electrons. The number of hydrogen-bond acceptors (Lipinski definition) is 4. The average molecular weight is 401 g/mol. The van der Waals surface area contributed by atoms with Gasteiger partial charge in [-0.3, -0.25) is 9.59 Å². The molecule has 2 fully saturated rings. The number of piperidine rings is 1. The summed E-state index contributed by atoms with van der Waals surface area (Å²) in [4.78, 5) is 24.3. The lowest BCUT2D eigenvalue weighted by Gasteiger charge is -2.29. The number of esters is 1. The van der Waals surface area contributed by atoms with E-state index in [0.29, 0.717) is 18.3 Å². The molecule has 0 bridgehead atoms. The fourth-order valence-corrected chi connectivity index (χ4v) is 4.57. The van der Waals surface area contributed by atoms with Crippen molar-refractivity contribution in [2.75, 3.05) is 13.1 Å². The van der Waals surface area contributed by atoms with E-state index in [0.717, 1.165) is 50.8 Å². The van der Waals surface area contributed by atoms with Gasteiger partial charge in [-0.15, -0.1) is 0 Å². The maximum atomic E-state index is 12.6. The third kappa shape index (κ3) is 6.84. The monoisotopic (exact) mass is 400 g/mol. The van der Waals surface area contributed by atoms with Crippen LogP contribution in [-0.4, -0.2) is 37.1 Å². The lowest BCUT2D eigenvalue weighted by Crippen LogP contribution is -2.37. The van der Waals surface area contributed by atoms with Crippen molar-refractivity contribution in [1.82, 2.24) is 10.6 Å². The van der Waals surface area contributed by atoms with Crippen LogP contribution in [0.5, 0.6) is 0 Å². The molecule has 1 aromatic carbocycles. The highest BCUT2D eigenvalue weighted by molar-refractivity contribution is 5.94. The second-order valence-corrected chi connectivity index (χ2v) is 8.91. The lowest BCUT2D eigenvalue weighted by atomic mass is 9.83. The van der Waals surface area contributed by atoms with Crippen LogP contribution in [0.3, 0.4) is 0 Å². The first kappa shape index (κ1) is 21.8. The van der Waals surface area contributed by atoms with Gasteiger partial charge >= 0.3 is 5.97 Å². The Morgan fingerprint density at radius 1 is 1.03 bits per heavy atom. The number of carbonyl (C=O) groups is 2. The number of rotatable bonds is 7. The van der Waals surface area contributed by atoms with Crippen molar-refractivity contribution in [2.45, 2.75) is 83.3 Å². The van der Waals surface area contributed by atoms with Crippen molar-refractivity contribution < 1.29 is 14.3 Å². The molecular formula is C24H36N2O3. The molecule has 29 heavy (non-hydrogen) atoms. The Morgan fingerprint density at radius 3 is 2.31 bits per heavy atom. The van der Waals surface area contributed by atoms with E-state index >= 15 is 0 Å². The maximum absolute atomic E-state index is 12.6. The van der Waals surface area contributed by atoms with Crippen molar-refractivity contribution >= 4 is 11.9 Å². The average Bonchev–Trinajstić information content (AvgIpc) is 2.73. The molecular weight excluding hydrogens is 364 g/mol. The van der Waals surface area contributed by atoms with Gasteiger partial charge in [0.1, 0.15) is 0 Å². The molecule has 2 aliphatic rings. The van der Waals surface area contributed by atoms with Gasteiger partial charge in [0.25, 0.3) is 5.91 Å². The van der Waals surface area contributed by atoms with E-state index in [1.165, 1.54) is 18.4 Å². The van der Waals surface area contributed by atoms with Crippen molar-refractivity contribution in [3.8, 4) is 0 Å². The topological polar surface area (TPSA) is 67.4 Å². The second-order valence-electron chi connectivity index (χ2n) is 8.91. The quantitative estimate of drug-likeness (QED) is 0.674. The largest absolute Gasteiger partial charge is 0.463 e. The molecule has 0 unspecified atom stereocenters. The summed E-state index contributed by atoms with van der Waals surface area (Å²) in [5, 5.41) is 6.60. The number of benzene rings is 1. The molecule has 5 nitrogen and oxygen atoms in total. The summed E-state index contributed by atoms with van der Waals surface area (Å²) in [7, 11) is 0. The number of hydrogen-bond donors (Lipinski definition) is 2. The van der Waals surface area contributed by atoms with Crippen molar-refractivity contribution in [1.29, 1.82) is 0 Å². The van der Waals surface area contributed by atoms with E-state index < -0.39 is 0 Å². The number of amides is 1. The highest BCUT2D eigenvalue weighted by atomic mass is 16.5. The summed E-state index contributed by atoms with van der Waals surface area (Å²) in [5.74, 6) is 1.11. The summed E-state index contributed by atoms with van der Waals surface area (Å²) in [6.07, 6.45) is 7.80. The first-order valence-corrected chi connectivity index (χ1v) is 11.3. The van der Waals surface area contributed by atoms with E-state index in [1.54, 1.807) is 0 Å². The fraction of sp³-hybridized carbons (Fsp3) is 0.667. The van der Waals surface area contributed by atoms with Gasteiger partial charge in [-0.05, 0) is 101 Å². The van der Waals surface area contributed by atoms with Gasteiger partial charge in [0.15, 0.2) is 0 Å². The van der Waals surface area contributed by atoms with Crippen LogP contribution in [-0.2, 0) is 9.53 Å². The molecule has 0 radical (unpaired) electrons. The Hall–Kier alpha value is -1.88. The first-order valence-electron chi connectivity index (χ1n) is 11.3. The normalized spacial score (nSPS) is 23.0. The van der Waals surface area contributed by atoms with Gasteiger partial charge in [0.05, 0.1) is 6.10 Å². The molecule has 1 saturated heterocycles. The summed E-state index contributed by atoms with van der Waals surface area (Å²) in [6.45, 7) is 5.92. The van der Waals surface area contributed by atoms with Crippen LogP contribution in [0.2, 0.25) is 0 Å². The smallest absolute Gasteiger partial charge is 0.306 e. The van der Waals surface area contributed by atoms with Gasteiger partial charge in [0.2, 0.25) is 0 Å². The van der Waals surface area contributed by atoms with Crippen LogP contribution in [0.25, 0.3) is 0 Å². The Balaban J connectivity index is 1.39. The van der Waals surface area contributed by atoms with E-state index in [9.17, 15) is 9.59 Å². The van der Waals surface area contributed by atoms with Gasteiger partial charge in [0, 0.05) is 18.0 Å². The predicted octanol–water partition coefficient (Wildman–Crippen LogP) is 4.17.